The summed E-state index contributed by atoms with van der Waals surface area (Å²) in [5, 5.41) is 5.70. The van der Waals surface area contributed by atoms with Gasteiger partial charge in [0.15, 0.2) is 0 Å². The van der Waals surface area contributed by atoms with Gasteiger partial charge >= 0.3 is 0 Å². The zero-order chi connectivity index (χ0) is 13.6. The van der Waals surface area contributed by atoms with Gasteiger partial charge < -0.3 is 10.6 Å². The van der Waals surface area contributed by atoms with Gasteiger partial charge in [0.1, 0.15) is 0 Å². The molecule has 0 saturated carbocycles. The third-order valence-corrected chi connectivity index (χ3v) is 3.45. The van der Waals surface area contributed by atoms with Gasteiger partial charge in [0.2, 0.25) is 5.91 Å². The summed E-state index contributed by atoms with van der Waals surface area (Å²) < 4.78 is 0. The molecule has 0 spiro atoms. The molecule has 1 rings (SSSR count). The third-order valence-electron chi connectivity index (χ3n) is 3.45. The lowest BCUT2D eigenvalue weighted by atomic mass is 9.82. The molecule has 1 amide bonds. The molecule has 0 atom stereocenters. The predicted molar refractivity (Wildman–Crippen MR) is 75.5 cm³/mol. The molecule has 0 unspecified atom stereocenters. The smallest absolute Gasteiger partial charge is 0.234 e. The molecule has 0 saturated heterocycles. The summed E-state index contributed by atoms with van der Waals surface area (Å²) in [6, 6.07) is 8.49. The second-order valence-electron chi connectivity index (χ2n) is 5.24. The largest absolute Gasteiger partial charge is 0.351 e. The van der Waals surface area contributed by atoms with E-state index in [0.717, 1.165) is 12.0 Å². The number of hydrogen-bond donors (Lipinski definition) is 2. The second kappa shape index (κ2) is 6.55. The highest BCUT2D eigenvalue weighted by Crippen LogP contribution is 2.26. The molecule has 3 nitrogen and oxygen atoms in total. The first-order valence-electron chi connectivity index (χ1n) is 6.50. The van der Waals surface area contributed by atoms with Gasteiger partial charge in [-0.3, -0.25) is 4.79 Å². The van der Waals surface area contributed by atoms with Gasteiger partial charge in [-0.2, -0.15) is 0 Å². The zero-order valence-corrected chi connectivity index (χ0v) is 11.8. The number of nitrogens with one attached hydrogen (secondary N) is 2. The molecule has 2 N–H and O–H groups in total. The Bertz CT molecular complexity index is 382. The Morgan fingerprint density at radius 2 is 1.83 bits per heavy atom. The first-order valence-corrected chi connectivity index (χ1v) is 6.50. The van der Waals surface area contributed by atoms with Crippen LogP contribution in [0.1, 0.15) is 38.3 Å². The highest BCUT2D eigenvalue weighted by atomic mass is 16.1. The topological polar surface area (TPSA) is 41.1 Å². The Morgan fingerprint density at radius 1 is 1.22 bits per heavy atom. The number of carbonyl (C=O) groups excluding carboxylic acids is 1. The highest BCUT2D eigenvalue weighted by molar-refractivity contribution is 5.77. The number of hydrogen-bond acceptors (Lipinski definition) is 2. The lowest BCUT2D eigenvalue weighted by Gasteiger charge is -2.23. The van der Waals surface area contributed by atoms with E-state index in [1.54, 1.807) is 7.05 Å². The molecule has 0 aromatic heterocycles. The molecule has 0 aliphatic carbocycles. The van der Waals surface area contributed by atoms with Gasteiger partial charge in [-0.05, 0) is 30.0 Å². The minimum atomic E-state index is 0.0236. The lowest BCUT2D eigenvalue weighted by Crippen LogP contribution is -2.31. The number of carbonyl (C=O) groups is 1. The number of rotatable bonds is 6. The molecule has 1 aromatic carbocycles. The SMILES string of the molecule is CCC(C)(C)c1ccc(CNC(=O)CNC)cc1. The average Bonchev–Trinajstić information content (AvgIpc) is 2.37. The van der Waals surface area contributed by atoms with E-state index >= 15 is 0 Å². The van der Waals surface area contributed by atoms with E-state index in [4.69, 9.17) is 0 Å². The van der Waals surface area contributed by atoms with Crippen LogP contribution in [0.5, 0.6) is 0 Å². The molecule has 3 heteroatoms. The van der Waals surface area contributed by atoms with Crippen LogP contribution in [0.4, 0.5) is 0 Å². The summed E-state index contributed by atoms with van der Waals surface area (Å²) in [4.78, 5) is 11.3. The monoisotopic (exact) mass is 248 g/mol. The molecule has 0 aliphatic heterocycles. The van der Waals surface area contributed by atoms with Crippen LogP contribution in [0, 0.1) is 0 Å². The Labute approximate surface area is 110 Å². The normalized spacial score (nSPS) is 11.3. The fourth-order valence-electron chi connectivity index (χ4n) is 1.70. The Kier molecular flexibility index (Phi) is 5.35. The average molecular weight is 248 g/mol. The van der Waals surface area contributed by atoms with Crippen molar-refractivity contribution in [3.63, 3.8) is 0 Å². The third kappa shape index (κ3) is 4.15. The van der Waals surface area contributed by atoms with Gasteiger partial charge in [0, 0.05) is 6.54 Å². The number of amides is 1. The molecule has 0 fully saturated rings. The van der Waals surface area contributed by atoms with Crippen molar-refractivity contribution in [3.05, 3.63) is 35.4 Å². The molecule has 0 bridgehead atoms. The van der Waals surface area contributed by atoms with Crippen LogP contribution in [0.15, 0.2) is 24.3 Å². The van der Waals surface area contributed by atoms with Crippen molar-refractivity contribution in [1.82, 2.24) is 10.6 Å². The van der Waals surface area contributed by atoms with Crippen LogP contribution >= 0.6 is 0 Å². The lowest BCUT2D eigenvalue weighted by molar-refractivity contribution is -0.120. The summed E-state index contributed by atoms with van der Waals surface area (Å²) in [7, 11) is 1.77. The maximum absolute atomic E-state index is 11.3. The maximum atomic E-state index is 11.3. The van der Waals surface area contributed by atoms with Crippen molar-refractivity contribution in [2.75, 3.05) is 13.6 Å². The van der Waals surface area contributed by atoms with E-state index in [2.05, 4.69) is 55.7 Å². The molecular formula is C15H24N2O. The summed E-state index contributed by atoms with van der Waals surface area (Å²) >= 11 is 0. The predicted octanol–water partition coefficient (Wildman–Crippen LogP) is 2.21. The van der Waals surface area contributed by atoms with Crippen molar-refractivity contribution in [1.29, 1.82) is 0 Å². The number of likely N-dealkylation sites (N-methyl/N-ethyl adjacent to an activating group) is 1. The summed E-state index contributed by atoms with van der Waals surface area (Å²) in [6.45, 7) is 7.65. The van der Waals surface area contributed by atoms with Crippen LogP contribution < -0.4 is 10.6 Å². The summed E-state index contributed by atoms with van der Waals surface area (Å²) in [6.07, 6.45) is 1.12. The fraction of sp³-hybridized carbons (Fsp3) is 0.533. The Morgan fingerprint density at radius 3 is 2.33 bits per heavy atom. The molecule has 0 aliphatic rings. The standard InChI is InChI=1S/C15H24N2O/c1-5-15(2,3)13-8-6-12(7-9-13)10-17-14(18)11-16-4/h6-9,16H,5,10-11H2,1-4H3,(H,17,18). The van der Waals surface area contributed by atoms with E-state index in [1.807, 2.05) is 0 Å². The zero-order valence-electron chi connectivity index (χ0n) is 11.8. The molecule has 0 heterocycles. The summed E-state index contributed by atoms with van der Waals surface area (Å²) in [5.41, 5.74) is 2.69. The van der Waals surface area contributed by atoms with Crippen LogP contribution in [-0.4, -0.2) is 19.5 Å². The molecule has 1 aromatic rings. The van der Waals surface area contributed by atoms with Crippen LogP contribution in [0.3, 0.4) is 0 Å². The van der Waals surface area contributed by atoms with Crippen molar-refractivity contribution in [2.45, 2.75) is 39.2 Å². The first-order chi connectivity index (χ1) is 8.49. The first kappa shape index (κ1) is 14.7. The van der Waals surface area contributed by atoms with Gasteiger partial charge in [-0.15, -0.1) is 0 Å². The van der Waals surface area contributed by atoms with E-state index in [-0.39, 0.29) is 11.3 Å². The van der Waals surface area contributed by atoms with Gasteiger partial charge in [0.25, 0.3) is 0 Å². The van der Waals surface area contributed by atoms with E-state index in [1.165, 1.54) is 5.56 Å². The molecule has 18 heavy (non-hydrogen) atoms. The molecule has 0 radical (unpaired) electrons. The van der Waals surface area contributed by atoms with Crippen LogP contribution in [0.25, 0.3) is 0 Å². The maximum Gasteiger partial charge on any atom is 0.234 e. The minimum absolute atomic E-state index is 0.0236. The van der Waals surface area contributed by atoms with Gasteiger partial charge in [-0.1, -0.05) is 45.0 Å². The van der Waals surface area contributed by atoms with Crippen molar-refractivity contribution >= 4 is 5.91 Å². The van der Waals surface area contributed by atoms with Gasteiger partial charge in [-0.25, -0.2) is 0 Å². The Balaban J connectivity index is 2.58. The second-order valence-corrected chi connectivity index (χ2v) is 5.24. The van der Waals surface area contributed by atoms with E-state index in [0.29, 0.717) is 13.1 Å². The van der Waals surface area contributed by atoms with E-state index < -0.39 is 0 Å². The number of benzene rings is 1. The van der Waals surface area contributed by atoms with Crippen LogP contribution in [-0.2, 0) is 16.8 Å². The van der Waals surface area contributed by atoms with Crippen molar-refractivity contribution < 1.29 is 4.79 Å². The Hall–Kier alpha value is -1.35. The van der Waals surface area contributed by atoms with Crippen LogP contribution in [0.2, 0.25) is 0 Å². The highest BCUT2D eigenvalue weighted by Gasteiger charge is 2.17. The van der Waals surface area contributed by atoms with Crippen molar-refractivity contribution in [3.8, 4) is 0 Å². The van der Waals surface area contributed by atoms with E-state index in [9.17, 15) is 4.79 Å². The molecule has 100 valence electrons. The quantitative estimate of drug-likeness (QED) is 0.810. The fourth-order valence-corrected chi connectivity index (χ4v) is 1.70. The molecular weight excluding hydrogens is 224 g/mol. The van der Waals surface area contributed by atoms with Gasteiger partial charge in [0.05, 0.1) is 6.54 Å². The minimum Gasteiger partial charge on any atom is -0.351 e. The summed E-state index contributed by atoms with van der Waals surface area (Å²) in [5.74, 6) is 0.0236. The van der Waals surface area contributed by atoms with Crippen molar-refractivity contribution in [2.24, 2.45) is 0 Å².